The first kappa shape index (κ1) is 15.3. The Morgan fingerprint density at radius 3 is 2.38 bits per heavy atom. The zero-order chi connectivity index (χ0) is 11.3. The summed E-state index contributed by atoms with van der Waals surface area (Å²) in [5, 5.41) is 4.00. The molecule has 0 N–H and O–H groups in total. The van der Waals surface area contributed by atoms with E-state index in [1.165, 1.54) is 12.7 Å². The van der Waals surface area contributed by atoms with E-state index in [2.05, 4.69) is 10.1 Å². The van der Waals surface area contributed by atoms with Gasteiger partial charge in [-0.05, 0) is 24.9 Å². The van der Waals surface area contributed by atoms with Crippen LogP contribution in [0.25, 0.3) is 5.32 Å². The Bertz CT molecular complexity index is 324. The number of hydrogen-bond donors (Lipinski definition) is 0. The Balaban J connectivity index is 0.00000225. The molecule has 0 heterocycles. The largest absolute Gasteiger partial charge is 0.653 e. The fourth-order valence-electron chi connectivity index (χ4n) is 1.36. The van der Waals surface area contributed by atoms with Gasteiger partial charge in [0.1, 0.15) is 0 Å². The molecule has 0 aliphatic rings. The molecule has 3 nitrogen and oxygen atoms in total. The third-order valence-electron chi connectivity index (χ3n) is 2.33. The molecule has 1 atom stereocenters. The summed E-state index contributed by atoms with van der Waals surface area (Å²) >= 11 is 0. The van der Waals surface area contributed by atoms with Gasteiger partial charge in [-0.25, -0.2) is 0 Å². The molecule has 0 aromatic heterocycles. The number of benzene rings is 1. The van der Waals surface area contributed by atoms with E-state index < -0.39 is 6.04 Å². The van der Waals surface area contributed by atoms with Gasteiger partial charge in [0.05, 0.1) is 7.11 Å². The van der Waals surface area contributed by atoms with Gasteiger partial charge in [-0.3, -0.25) is 4.79 Å². The molecule has 1 unspecified atom stereocenters. The van der Waals surface area contributed by atoms with Gasteiger partial charge in [-0.2, -0.15) is 7.05 Å². The van der Waals surface area contributed by atoms with Gasteiger partial charge in [0.2, 0.25) is 0 Å². The first-order valence-corrected chi connectivity index (χ1v) is 4.89. The molecule has 1 rings (SSSR count). The molecule has 0 bridgehead atoms. The van der Waals surface area contributed by atoms with Crippen LogP contribution in [0.15, 0.2) is 24.3 Å². The van der Waals surface area contributed by atoms with Gasteiger partial charge in [0, 0.05) is 21.1 Å². The zero-order valence-electron chi connectivity index (χ0n) is 9.77. The number of esters is 1. The summed E-state index contributed by atoms with van der Waals surface area (Å²) in [5.74, 6) is -0.280. The fourth-order valence-corrected chi connectivity index (χ4v) is 1.36. The average molecular weight is 390 g/mol. The maximum atomic E-state index is 11.3. The van der Waals surface area contributed by atoms with Gasteiger partial charge in [0.15, 0.2) is 0 Å². The van der Waals surface area contributed by atoms with E-state index in [1.807, 2.05) is 31.2 Å². The summed E-state index contributed by atoms with van der Waals surface area (Å²) in [6.07, 6.45) is 0.601. The summed E-state index contributed by atoms with van der Waals surface area (Å²) < 4.78 is 4.67. The number of ether oxygens (including phenoxy) is 1. The van der Waals surface area contributed by atoms with E-state index in [0.29, 0.717) is 6.42 Å². The number of likely N-dealkylation sites (N-methyl/N-ethyl adjacent to an activating group) is 1. The summed E-state index contributed by atoms with van der Waals surface area (Å²) in [7, 11) is 3.02. The maximum absolute atomic E-state index is 11.3. The number of aryl methyl sites for hydroxylation is 1. The molecule has 0 amide bonds. The van der Waals surface area contributed by atoms with Crippen molar-refractivity contribution in [2.24, 2.45) is 0 Å². The van der Waals surface area contributed by atoms with E-state index in [0.717, 1.165) is 5.56 Å². The van der Waals surface area contributed by atoms with E-state index >= 15 is 0 Å². The predicted molar refractivity (Wildman–Crippen MR) is 60.0 cm³/mol. The quantitative estimate of drug-likeness (QED) is 0.739. The zero-order valence-corrected chi connectivity index (χ0v) is 12.7. The molecule has 1 aromatic rings. The third kappa shape index (κ3) is 4.46. The van der Waals surface area contributed by atoms with Crippen LogP contribution in [-0.4, -0.2) is 26.2 Å². The summed E-state index contributed by atoms with van der Waals surface area (Å²) in [6, 6.07) is 7.68. The van der Waals surface area contributed by atoms with Crippen LogP contribution in [0.3, 0.4) is 0 Å². The molecule has 0 spiro atoms. The Morgan fingerprint density at radius 1 is 1.38 bits per heavy atom. The first-order chi connectivity index (χ1) is 7.17. The molecule has 16 heavy (non-hydrogen) atoms. The minimum atomic E-state index is -0.391. The van der Waals surface area contributed by atoms with Crippen molar-refractivity contribution in [1.29, 1.82) is 0 Å². The molecule has 4 heteroatoms. The van der Waals surface area contributed by atoms with Crippen LogP contribution in [0.4, 0.5) is 0 Å². The van der Waals surface area contributed by atoms with Crippen molar-refractivity contribution in [3.8, 4) is 0 Å². The van der Waals surface area contributed by atoms with Crippen LogP contribution in [0.5, 0.6) is 0 Å². The number of rotatable bonds is 4. The second kappa shape index (κ2) is 7.59. The van der Waals surface area contributed by atoms with Gasteiger partial charge in [0.25, 0.3) is 5.97 Å². The van der Waals surface area contributed by atoms with E-state index in [9.17, 15) is 4.79 Å². The van der Waals surface area contributed by atoms with E-state index in [1.54, 1.807) is 7.05 Å². The Hall–Kier alpha value is -0.662. The molecule has 88 valence electrons. The number of methoxy groups -OCH3 is 1. The van der Waals surface area contributed by atoms with Gasteiger partial charge in [-0.15, -0.1) is 0 Å². The van der Waals surface area contributed by atoms with Crippen molar-refractivity contribution in [2.75, 3.05) is 14.2 Å². The number of carbonyl (C=O) groups excluding carboxylic acids is 1. The van der Waals surface area contributed by atoms with Crippen LogP contribution in [0.2, 0.25) is 0 Å². The van der Waals surface area contributed by atoms with Crippen molar-refractivity contribution >= 4 is 5.97 Å². The SMILES string of the molecule is C[N-]C(Cc1ccc(C)cc1)C(=O)OC.[W]. The van der Waals surface area contributed by atoms with Crippen LogP contribution >= 0.6 is 0 Å². The first-order valence-electron chi connectivity index (χ1n) is 4.89. The van der Waals surface area contributed by atoms with Crippen LogP contribution in [0.1, 0.15) is 11.1 Å². The normalized spacial score (nSPS) is 11.4. The molecular formula is C12H16NO2W-. The van der Waals surface area contributed by atoms with Crippen molar-refractivity contribution in [1.82, 2.24) is 0 Å². The molecule has 0 fully saturated rings. The minimum absolute atomic E-state index is 0. The van der Waals surface area contributed by atoms with Gasteiger partial charge < -0.3 is 10.1 Å². The third-order valence-corrected chi connectivity index (χ3v) is 2.33. The summed E-state index contributed by atoms with van der Waals surface area (Å²) in [5.41, 5.74) is 2.31. The molecule has 0 aliphatic heterocycles. The Kier molecular flexibility index (Phi) is 7.27. The smallest absolute Gasteiger partial charge is 0.288 e. The second-order valence-corrected chi connectivity index (χ2v) is 3.49. The number of carbonyl (C=O) groups is 1. The molecule has 1 aromatic carbocycles. The molecule has 0 aliphatic carbocycles. The van der Waals surface area contributed by atoms with Crippen molar-refractivity contribution < 1.29 is 30.6 Å². The predicted octanol–water partition coefficient (Wildman–Crippen LogP) is 2.08. The van der Waals surface area contributed by atoms with E-state index in [-0.39, 0.29) is 27.0 Å². The number of hydrogen-bond acceptors (Lipinski definition) is 2. The van der Waals surface area contributed by atoms with Crippen LogP contribution in [0, 0.1) is 6.92 Å². The number of nitrogens with zero attached hydrogens (tertiary/aromatic N) is 1. The molecule has 0 saturated carbocycles. The topological polar surface area (TPSA) is 40.4 Å². The molecule has 0 saturated heterocycles. The molecular weight excluding hydrogens is 374 g/mol. The molecule has 0 radical (unpaired) electrons. The summed E-state index contributed by atoms with van der Waals surface area (Å²) in [6.45, 7) is 2.03. The van der Waals surface area contributed by atoms with Crippen molar-refractivity contribution in [2.45, 2.75) is 19.4 Å². The summed E-state index contributed by atoms with van der Waals surface area (Å²) in [4.78, 5) is 11.3. The minimum Gasteiger partial charge on any atom is -0.653 e. The van der Waals surface area contributed by atoms with Gasteiger partial charge in [-0.1, -0.05) is 29.8 Å². The Morgan fingerprint density at radius 2 is 1.94 bits per heavy atom. The van der Waals surface area contributed by atoms with Gasteiger partial charge >= 0.3 is 0 Å². The second-order valence-electron chi connectivity index (χ2n) is 3.49. The van der Waals surface area contributed by atoms with Crippen LogP contribution < -0.4 is 0 Å². The van der Waals surface area contributed by atoms with Crippen molar-refractivity contribution in [3.63, 3.8) is 0 Å². The Labute approximate surface area is 111 Å². The standard InChI is InChI=1S/C12H16NO2.W/c1-9-4-6-10(7-5-9)8-11(13-2)12(14)15-3;/h4-7,11H,8H2,1-3H3;/q-1;. The maximum Gasteiger partial charge on any atom is 0.288 e. The van der Waals surface area contributed by atoms with E-state index in [4.69, 9.17) is 0 Å². The average Bonchev–Trinajstić information content (AvgIpc) is 2.27. The monoisotopic (exact) mass is 390 g/mol. The van der Waals surface area contributed by atoms with Crippen LogP contribution in [-0.2, 0) is 37.0 Å². The fraction of sp³-hybridized carbons (Fsp3) is 0.417. The van der Waals surface area contributed by atoms with Crippen molar-refractivity contribution in [3.05, 3.63) is 40.7 Å².